The molecule has 2 aromatic heterocycles. The molecule has 2 aromatic carbocycles. The number of halogens is 3. The molecule has 0 spiro atoms. The smallest absolute Gasteiger partial charge is 0.214 e. The number of aromatic nitrogens is 2. The van der Waals surface area contributed by atoms with E-state index in [9.17, 15) is 8.78 Å². The molecule has 172 valence electrons. The van der Waals surface area contributed by atoms with Crippen molar-refractivity contribution in [3.63, 3.8) is 0 Å². The third kappa shape index (κ3) is 10.1. The van der Waals surface area contributed by atoms with Crippen molar-refractivity contribution in [3.05, 3.63) is 101 Å². The van der Waals surface area contributed by atoms with Crippen molar-refractivity contribution in [2.24, 2.45) is 0 Å². The molecular weight excluding hydrogens is 541 g/mol. The number of hydrogen-bond acceptors (Lipinski definition) is 6. The van der Waals surface area contributed by atoms with Crippen molar-refractivity contribution >= 4 is 39.7 Å². The molecule has 0 fully saturated rings. The first-order chi connectivity index (χ1) is 15.9. The average Bonchev–Trinajstić information content (AvgIpc) is 2.81. The Morgan fingerprint density at radius 3 is 1.70 bits per heavy atom. The molecule has 0 saturated heterocycles. The van der Waals surface area contributed by atoms with Crippen molar-refractivity contribution in [1.82, 2.24) is 9.97 Å². The zero-order valence-corrected chi connectivity index (χ0v) is 20.2. The van der Waals surface area contributed by atoms with E-state index in [1.54, 1.807) is 38.5 Å². The second-order valence-electron chi connectivity index (χ2n) is 6.29. The van der Waals surface area contributed by atoms with Crippen LogP contribution in [0, 0.1) is 15.5 Å². The maximum absolute atomic E-state index is 12.8. The number of nitrogens with one attached hydrogen (secondary N) is 1. The SMILES string of the molecule is COc1ccc(N)cc1.COc1ccc(Nc2ccnc(F)c2)cc1.Fc1cc(I)ccn1. The molecule has 0 saturated carbocycles. The maximum Gasteiger partial charge on any atom is 0.214 e. The highest BCUT2D eigenvalue weighted by atomic mass is 127. The number of nitrogen functional groups attached to an aromatic ring is 1. The summed E-state index contributed by atoms with van der Waals surface area (Å²) in [5.41, 5.74) is 7.72. The number of anilines is 3. The number of methoxy groups -OCH3 is 2. The van der Waals surface area contributed by atoms with Crippen LogP contribution in [0.3, 0.4) is 0 Å². The molecule has 3 N–H and O–H groups in total. The van der Waals surface area contributed by atoms with Gasteiger partial charge in [0.05, 0.1) is 14.2 Å². The van der Waals surface area contributed by atoms with Crippen molar-refractivity contribution < 1.29 is 18.3 Å². The monoisotopic (exact) mass is 564 g/mol. The molecule has 0 aliphatic heterocycles. The molecule has 6 nitrogen and oxygen atoms in total. The van der Waals surface area contributed by atoms with E-state index in [0.717, 1.165) is 26.4 Å². The quantitative estimate of drug-likeness (QED) is 0.178. The van der Waals surface area contributed by atoms with Gasteiger partial charge in [-0.15, -0.1) is 0 Å². The highest BCUT2D eigenvalue weighted by Gasteiger charge is 1.97. The van der Waals surface area contributed by atoms with Crippen LogP contribution in [0.2, 0.25) is 0 Å². The van der Waals surface area contributed by atoms with Gasteiger partial charge >= 0.3 is 0 Å². The average molecular weight is 564 g/mol. The van der Waals surface area contributed by atoms with Gasteiger partial charge in [0.15, 0.2) is 0 Å². The third-order valence-electron chi connectivity index (χ3n) is 3.91. The number of nitrogens with zero attached hydrogens (tertiary/aromatic N) is 2. The Hall–Kier alpha value is -3.47. The van der Waals surface area contributed by atoms with Gasteiger partial charge in [-0.25, -0.2) is 9.97 Å². The molecule has 9 heteroatoms. The van der Waals surface area contributed by atoms with Crippen LogP contribution in [0.1, 0.15) is 0 Å². The Bertz CT molecular complexity index is 1100. The summed E-state index contributed by atoms with van der Waals surface area (Å²) in [6.45, 7) is 0. The lowest BCUT2D eigenvalue weighted by Crippen LogP contribution is -1.92. The predicted molar refractivity (Wildman–Crippen MR) is 135 cm³/mol. The normalized spacial score (nSPS) is 9.48. The first kappa shape index (κ1) is 25.8. The number of nitrogens with two attached hydrogens (primary N) is 1. The van der Waals surface area contributed by atoms with Crippen LogP contribution in [0.15, 0.2) is 85.2 Å². The Kier molecular flexibility index (Phi) is 10.8. The predicted octanol–water partition coefficient (Wildman–Crippen LogP) is 6.08. The fourth-order valence-electron chi connectivity index (χ4n) is 2.30. The van der Waals surface area contributed by atoms with Crippen LogP contribution in [-0.4, -0.2) is 24.2 Å². The summed E-state index contributed by atoms with van der Waals surface area (Å²) < 4.78 is 35.7. The van der Waals surface area contributed by atoms with E-state index in [2.05, 4.69) is 15.3 Å². The van der Waals surface area contributed by atoms with Crippen LogP contribution in [0.4, 0.5) is 25.8 Å². The first-order valence-electron chi connectivity index (χ1n) is 9.59. The van der Waals surface area contributed by atoms with Crippen molar-refractivity contribution in [2.75, 3.05) is 25.3 Å². The zero-order valence-electron chi connectivity index (χ0n) is 18.0. The molecule has 33 heavy (non-hydrogen) atoms. The molecule has 0 unspecified atom stereocenters. The van der Waals surface area contributed by atoms with Gasteiger partial charge in [0.25, 0.3) is 0 Å². The highest BCUT2D eigenvalue weighted by molar-refractivity contribution is 14.1. The van der Waals surface area contributed by atoms with Gasteiger partial charge < -0.3 is 20.5 Å². The minimum Gasteiger partial charge on any atom is -0.497 e. The van der Waals surface area contributed by atoms with E-state index >= 15 is 0 Å². The molecule has 0 aliphatic carbocycles. The lowest BCUT2D eigenvalue weighted by Gasteiger charge is -2.06. The van der Waals surface area contributed by atoms with E-state index in [-0.39, 0.29) is 0 Å². The van der Waals surface area contributed by atoms with Crippen molar-refractivity contribution in [1.29, 1.82) is 0 Å². The second-order valence-corrected chi connectivity index (χ2v) is 7.54. The maximum atomic E-state index is 12.8. The van der Waals surface area contributed by atoms with Gasteiger partial charge in [0.1, 0.15) is 11.5 Å². The van der Waals surface area contributed by atoms with Crippen LogP contribution >= 0.6 is 22.6 Å². The first-order valence-corrected chi connectivity index (χ1v) is 10.7. The van der Waals surface area contributed by atoms with Gasteiger partial charge in [0, 0.05) is 45.2 Å². The summed E-state index contributed by atoms with van der Waals surface area (Å²) in [5, 5.41) is 3.06. The van der Waals surface area contributed by atoms with Crippen LogP contribution < -0.4 is 20.5 Å². The topological polar surface area (TPSA) is 82.3 Å². The number of ether oxygens (including phenoxy) is 2. The van der Waals surface area contributed by atoms with E-state index in [0.29, 0.717) is 5.69 Å². The summed E-state index contributed by atoms with van der Waals surface area (Å²) in [4.78, 5) is 6.85. The molecule has 0 aliphatic rings. The summed E-state index contributed by atoms with van der Waals surface area (Å²) >= 11 is 2.03. The molecule has 4 rings (SSSR count). The largest absolute Gasteiger partial charge is 0.497 e. The van der Waals surface area contributed by atoms with Gasteiger partial charge in [-0.05, 0) is 83.3 Å². The van der Waals surface area contributed by atoms with Gasteiger partial charge in [0.2, 0.25) is 11.9 Å². The molecule has 0 atom stereocenters. The molecule has 4 aromatic rings. The molecular formula is C24H23F2IN4O2. The lowest BCUT2D eigenvalue weighted by molar-refractivity contribution is 0.415. The molecule has 0 bridgehead atoms. The molecule has 0 amide bonds. The minimum absolute atomic E-state index is 0.420. The standard InChI is InChI=1S/C12H11FN2O.C7H9NO.C5H3FIN/c1-16-11-4-2-9(3-5-11)15-10-6-7-14-12(13)8-10;1-9-7-4-2-6(8)3-5-7;6-5-3-4(7)1-2-8-5/h2-8H,1H3,(H,14,15);2-5H,8H2,1H3;1-3H. The minimum atomic E-state index is -0.501. The Morgan fingerprint density at radius 1 is 0.727 bits per heavy atom. The third-order valence-corrected chi connectivity index (χ3v) is 4.58. The molecule has 2 heterocycles. The lowest BCUT2D eigenvalue weighted by atomic mass is 10.3. The Morgan fingerprint density at radius 2 is 1.24 bits per heavy atom. The van der Waals surface area contributed by atoms with E-state index in [1.807, 2.05) is 59.0 Å². The van der Waals surface area contributed by atoms with Gasteiger partial charge in [-0.1, -0.05) is 0 Å². The Labute approximate surface area is 204 Å². The van der Waals surface area contributed by atoms with Crippen LogP contribution in [0.25, 0.3) is 0 Å². The Balaban J connectivity index is 0.000000192. The zero-order chi connectivity index (χ0) is 24.1. The number of benzene rings is 2. The fourth-order valence-corrected chi connectivity index (χ4v) is 2.72. The van der Waals surface area contributed by atoms with Crippen LogP contribution in [0.5, 0.6) is 11.5 Å². The van der Waals surface area contributed by atoms with E-state index in [4.69, 9.17) is 15.2 Å². The van der Waals surface area contributed by atoms with Crippen LogP contribution in [-0.2, 0) is 0 Å². The summed E-state index contributed by atoms with van der Waals surface area (Å²) in [6.07, 6.45) is 2.86. The fraction of sp³-hybridized carbons (Fsp3) is 0.0833. The van der Waals surface area contributed by atoms with Crippen molar-refractivity contribution in [2.45, 2.75) is 0 Å². The van der Waals surface area contributed by atoms with Gasteiger partial charge in [-0.3, -0.25) is 0 Å². The number of rotatable bonds is 4. The number of hydrogen-bond donors (Lipinski definition) is 2. The number of pyridine rings is 2. The van der Waals surface area contributed by atoms with E-state index in [1.165, 1.54) is 24.5 Å². The van der Waals surface area contributed by atoms with Crippen molar-refractivity contribution in [3.8, 4) is 11.5 Å². The second kappa shape index (κ2) is 13.8. The van der Waals surface area contributed by atoms with Gasteiger partial charge in [-0.2, -0.15) is 8.78 Å². The summed E-state index contributed by atoms with van der Waals surface area (Å²) in [5.74, 6) is 0.700. The highest BCUT2D eigenvalue weighted by Crippen LogP contribution is 2.19. The summed E-state index contributed by atoms with van der Waals surface area (Å²) in [7, 11) is 3.24. The molecule has 0 radical (unpaired) electrons. The van der Waals surface area contributed by atoms with E-state index < -0.39 is 11.9 Å². The summed E-state index contributed by atoms with van der Waals surface area (Å²) in [6, 6.07) is 20.8.